The zero-order valence-electron chi connectivity index (χ0n) is 21.7. The van der Waals surface area contributed by atoms with Gasteiger partial charge in [-0.25, -0.2) is 0 Å². The number of carbonyl (C=O) groups is 3. The van der Waals surface area contributed by atoms with Crippen molar-refractivity contribution in [1.82, 2.24) is 10.6 Å². The lowest BCUT2D eigenvalue weighted by Crippen LogP contribution is -2.41. The predicted octanol–water partition coefficient (Wildman–Crippen LogP) is 3.54. The van der Waals surface area contributed by atoms with E-state index in [0.717, 1.165) is 26.8 Å². The second-order valence-corrected chi connectivity index (χ2v) is 9.97. The number of thiophene rings is 1. The van der Waals surface area contributed by atoms with E-state index in [1.165, 1.54) is 11.3 Å². The minimum atomic E-state index is -1.20. The maximum Gasteiger partial charge on any atom is 0.237 e. The average Bonchev–Trinajstić information content (AvgIpc) is 3.37. The molecule has 0 radical (unpaired) electrons. The van der Waals surface area contributed by atoms with Crippen molar-refractivity contribution in [3.8, 4) is 5.75 Å². The van der Waals surface area contributed by atoms with Crippen LogP contribution in [0, 0.1) is 0 Å². The van der Waals surface area contributed by atoms with E-state index < -0.39 is 23.7 Å². The Morgan fingerprint density at radius 2 is 1.59 bits per heavy atom. The number of hydrogen-bond acceptors (Lipinski definition) is 6. The molecule has 1 aromatic heterocycles. The topological polar surface area (TPSA) is 137 Å². The molecule has 0 aliphatic rings. The van der Waals surface area contributed by atoms with Crippen molar-refractivity contribution < 1.29 is 19.1 Å². The molecule has 6 N–H and O–H groups in total. The fourth-order valence-electron chi connectivity index (χ4n) is 4.39. The maximum atomic E-state index is 13.5. The lowest BCUT2D eigenvalue weighted by Gasteiger charge is -2.20. The number of benzene rings is 3. The van der Waals surface area contributed by atoms with E-state index in [0.29, 0.717) is 31.0 Å². The third-order valence-corrected chi connectivity index (χ3v) is 7.46. The van der Waals surface area contributed by atoms with Gasteiger partial charge in [-0.2, -0.15) is 0 Å². The quantitative estimate of drug-likeness (QED) is 0.202. The van der Waals surface area contributed by atoms with E-state index in [1.807, 2.05) is 60.8 Å². The third kappa shape index (κ3) is 6.81. The number of rotatable bonds is 12. The molecule has 39 heavy (non-hydrogen) atoms. The summed E-state index contributed by atoms with van der Waals surface area (Å²) in [6, 6.07) is 22.2. The van der Waals surface area contributed by atoms with Crippen molar-refractivity contribution in [2.24, 2.45) is 11.5 Å². The zero-order chi connectivity index (χ0) is 27.8. The Bertz CT molecular complexity index is 1430. The molecule has 0 aliphatic carbocycles. The minimum absolute atomic E-state index is 0.00167. The highest BCUT2D eigenvalue weighted by Crippen LogP contribution is 2.31. The first-order valence-electron chi connectivity index (χ1n) is 12.7. The predicted molar refractivity (Wildman–Crippen MR) is 153 cm³/mol. The highest BCUT2D eigenvalue weighted by Gasteiger charge is 2.29. The lowest BCUT2D eigenvalue weighted by molar-refractivity contribution is -0.130. The van der Waals surface area contributed by atoms with Gasteiger partial charge in [0.05, 0.1) is 12.5 Å². The molecule has 3 amide bonds. The summed E-state index contributed by atoms with van der Waals surface area (Å²) < 4.78 is 6.48. The van der Waals surface area contributed by atoms with Crippen LogP contribution in [-0.2, 0) is 27.5 Å². The van der Waals surface area contributed by atoms with Crippen LogP contribution < -0.4 is 26.8 Å². The van der Waals surface area contributed by atoms with Gasteiger partial charge in [0, 0.05) is 24.3 Å². The molecule has 1 heterocycles. The van der Waals surface area contributed by atoms with Crippen LogP contribution in [0.15, 0.2) is 78.2 Å². The minimum Gasteiger partial charge on any atom is -0.494 e. The van der Waals surface area contributed by atoms with Gasteiger partial charge in [-0.15, -0.1) is 11.3 Å². The number of hydrogen-bond donors (Lipinski definition) is 4. The van der Waals surface area contributed by atoms with Gasteiger partial charge < -0.3 is 26.8 Å². The molecule has 0 saturated heterocycles. The van der Waals surface area contributed by atoms with E-state index in [2.05, 4.69) is 10.6 Å². The highest BCUT2D eigenvalue weighted by atomic mass is 32.1. The summed E-state index contributed by atoms with van der Waals surface area (Å²) in [7, 11) is 0. The molecule has 202 valence electrons. The van der Waals surface area contributed by atoms with Gasteiger partial charge in [-0.1, -0.05) is 54.6 Å². The normalized spacial score (nSPS) is 12.5. The number of primary amides is 1. The molecule has 4 aromatic rings. The maximum absolute atomic E-state index is 13.5. The number of nitrogens with two attached hydrogens (primary N) is 2. The largest absolute Gasteiger partial charge is 0.494 e. The SMILES string of the molecule is CCOc1ccc([C@H](C(N)=O)C(=O)NC[C@H](C(=O)NCc2ccc(CN)cc2)c2csc3ccccc23)cc1. The van der Waals surface area contributed by atoms with Crippen molar-refractivity contribution in [3.63, 3.8) is 0 Å². The van der Waals surface area contributed by atoms with Crippen LogP contribution in [0.2, 0.25) is 0 Å². The molecule has 0 saturated carbocycles. The van der Waals surface area contributed by atoms with Gasteiger partial charge in [0.15, 0.2) is 0 Å². The highest BCUT2D eigenvalue weighted by molar-refractivity contribution is 7.17. The number of carbonyl (C=O) groups excluding carboxylic acids is 3. The number of fused-ring (bicyclic) bond motifs is 1. The third-order valence-electron chi connectivity index (χ3n) is 6.48. The molecule has 2 atom stereocenters. The van der Waals surface area contributed by atoms with Crippen LogP contribution in [-0.4, -0.2) is 30.9 Å². The second kappa shape index (κ2) is 13.0. The van der Waals surface area contributed by atoms with Crippen molar-refractivity contribution in [1.29, 1.82) is 0 Å². The van der Waals surface area contributed by atoms with Crippen molar-refractivity contribution in [2.45, 2.75) is 31.8 Å². The molecule has 0 unspecified atom stereocenters. The Labute approximate surface area is 231 Å². The Balaban J connectivity index is 1.53. The number of nitrogens with one attached hydrogen (secondary N) is 2. The van der Waals surface area contributed by atoms with Gasteiger partial charge in [-0.3, -0.25) is 14.4 Å². The van der Waals surface area contributed by atoms with E-state index >= 15 is 0 Å². The monoisotopic (exact) mass is 544 g/mol. The molecule has 4 rings (SSSR count). The number of amides is 3. The van der Waals surface area contributed by atoms with Gasteiger partial charge in [0.25, 0.3) is 0 Å². The summed E-state index contributed by atoms with van der Waals surface area (Å²) in [5, 5.41) is 8.69. The van der Waals surface area contributed by atoms with Gasteiger partial charge in [0.2, 0.25) is 17.7 Å². The van der Waals surface area contributed by atoms with Crippen LogP contribution in [0.3, 0.4) is 0 Å². The summed E-state index contributed by atoms with van der Waals surface area (Å²) in [6.07, 6.45) is 0. The Morgan fingerprint density at radius 1 is 0.897 bits per heavy atom. The van der Waals surface area contributed by atoms with Crippen LogP contribution in [0.25, 0.3) is 10.1 Å². The molecule has 0 aliphatic heterocycles. The fraction of sp³-hybridized carbons (Fsp3) is 0.233. The summed E-state index contributed by atoms with van der Waals surface area (Å²) in [6.45, 7) is 3.14. The van der Waals surface area contributed by atoms with Crippen LogP contribution in [0.5, 0.6) is 5.75 Å². The van der Waals surface area contributed by atoms with Crippen LogP contribution in [0.4, 0.5) is 0 Å². The van der Waals surface area contributed by atoms with E-state index in [1.54, 1.807) is 24.3 Å². The first-order valence-corrected chi connectivity index (χ1v) is 13.6. The molecule has 0 bridgehead atoms. The number of ether oxygens (including phenoxy) is 1. The lowest BCUT2D eigenvalue weighted by atomic mass is 9.95. The molecule has 0 spiro atoms. The van der Waals surface area contributed by atoms with Crippen molar-refractivity contribution in [2.75, 3.05) is 13.2 Å². The van der Waals surface area contributed by atoms with E-state index in [4.69, 9.17) is 16.2 Å². The van der Waals surface area contributed by atoms with Crippen molar-refractivity contribution >= 4 is 39.1 Å². The van der Waals surface area contributed by atoms with E-state index in [9.17, 15) is 14.4 Å². The van der Waals surface area contributed by atoms with E-state index in [-0.39, 0.29) is 12.5 Å². The molecular formula is C30H32N4O4S. The molecular weight excluding hydrogens is 512 g/mol. The van der Waals surface area contributed by atoms with Gasteiger partial charge in [-0.05, 0) is 58.1 Å². The van der Waals surface area contributed by atoms with Gasteiger partial charge >= 0.3 is 0 Å². The molecule has 3 aromatic carbocycles. The summed E-state index contributed by atoms with van der Waals surface area (Å²) in [4.78, 5) is 39.0. The second-order valence-electron chi connectivity index (χ2n) is 9.06. The summed E-state index contributed by atoms with van der Waals surface area (Å²) in [5.41, 5.74) is 14.5. The summed E-state index contributed by atoms with van der Waals surface area (Å²) >= 11 is 1.54. The molecule has 9 heteroatoms. The Kier molecular flexibility index (Phi) is 9.30. The van der Waals surface area contributed by atoms with Crippen LogP contribution >= 0.6 is 11.3 Å². The fourth-order valence-corrected chi connectivity index (χ4v) is 5.41. The van der Waals surface area contributed by atoms with Gasteiger partial charge in [0.1, 0.15) is 11.7 Å². The zero-order valence-corrected chi connectivity index (χ0v) is 22.5. The van der Waals surface area contributed by atoms with Crippen molar-refractivity contribution in [3.05, 3.63) is 100 Å². The average molecular weight is 545 g/mol. The first-order chi connectivity index (χ1) is 18.9. The first kappa shape index (κ1) is 27.8. The molecule has 8 nitrogen and oxygen atoms in total. The standard InChI is InChI=1S/C30H32N4O4S/c1-2-38-22-13-11-21(12-14-22)27(28(32)35)30(37)34-17-24(25-18-39-26-6-4-3-5-23(25)26)29(36)33-16-20-9-7-19(15-31)8-10-20/h3-14,18,24,27H,2,15-17,31H2,1H3,(H2,32,35)(H,33,36)(H,34,37)/t24-,27+/m0/s1. The summed E-state index contributed by atoms with van der Waals surface area (Å²) in [5.74, 6) is -2.84. The smallest absolute Gasteiger partial charge is 0.237 e. The molecule has 0 fully saturated rings. The Morgan fingerprint density at radius 3 is 2.26 bits per heavy atom. The Hall–Kier alpha value is -4.21. The van der Waals surface area contributed by atoms with Crippen LogP contribution in [0.1, 0.15) is 41.0 Å².